The molecule has 0 bridgehead atoms. The molecule has 0 amide bonds. The fourth-order valence-electron chi connectivity index (χ4n) is 2.18. The van der Waals surface area contributed by atoms with Crippen molar-refractivity contribution < 1.29 is 26.4 Å². The molecule has 0 radical (unpaired) electrons. The molecule has 2 rings (SSSR count). The SMILES string of the molecule is CN(C)S(=O)(=O)c1cccc(C(=O)CNc2ccc(Cl)c(C(F)(F)F)c2)c1. The van der Waals surface area contributed by atoms with Gasteiger partial charge in [-0.1, -0.05) is 23.7 Å². The Morgan fingerprint density at radius 2 is 1.81 bits per heavy atom. The summed E-state index contributed by atoms with van der Waals surface area (Å²) < 4.78 is 63.9. The van der Waals surface area contributed by atoms with Gasteiger partial charge in [0.1, 0.15) is 0 Å². The summed E-state index contributed by atoms with van der Waals surface area (Å²) in [7, 11) is -0.975. The van der Waals surface area contributed by atoms with Gasteiger partial charge in [0, 0.05) is 25.3 Å². The lowest BCUT2D eigenvalue weighted by molar-refractivity contribution is -0.137. The van der Waals surface area contributed by atoms with Crippen LogP contribution in [0.25, 0.3) is 0 Å². The number of alkyl halides is 3. The van der Waals surface area contributed by atoms with Gasteiger partial charge >= 0.3 is 6.18 Å². The van der Waals surface area contributed by atoms with Crippen molar-refractivity contribution in [3.8, 4) is 0 Å². The van der Waals surface area contributed by atoms with Crippen molar-refractivity contribution in [1.29, 1.82) is 0 Å². The maximum Gasteiger partial charge on any atom is 0.417 e. The predicted molar refractivity (Wildman–Crippen MR) is 96.6 cm³/mol. The average Bonchev–Trinajstić information content (AvgIpc) is 2.59. The molecule has 0 aliphatic carbocycles. The Labute approximate surface area is 159 Å². The standard InChI is InChI=1S/C17H16ClF3N2O3S/c1-23(2)27(25,26)13-5-3-4-11(8-13)16(24)10-22-12-6-7-15(18)14(9-12)17(19,20)21/h3-9,22H,10H2,1-2H3. The number of sulfonamides is 1. The highest BCUT2D eigenvalue weighted by Crippen LogP contribution is 2.36. The van der Waals surface area contributed by atoms with Gasteiger partial charge in [0.15, 0.2) is 5.78 Å². The van der Waals surface area contributed by atoms with Gasteiger partial charge in [-0.2, -0.15) is 13.2 Å². The summed E-state index contributed by atoms with van der Waals surface area (Å²) in [6.45, 7) is -0.315. The van der Waals surface area contributed by atoms with Gasteiger partial charge in [0.2, 0.25) is 10.0 Å². The van der Waals surface area contributed by atoms with Crippen molar-refractivity contribution in [3.63, 3.8) is 0 Å². The van der Waals surface area contributed by atoms with Crippen molar-refractivity contribution in [1.82, 2.24) is 4.31 Å². The first-order valence-electron chi connectivity index (χ1n) is 7.59. The first-order chi connectivity index (χ1) is 12.4. The third kappa shape index (κ3) is 5.00. The van der Waals surface area contributed by atoms with E-state index in [1.807, 2.05) is 0 Å². The van der Waals surface area contributed by atoms with Crippen LogP contribution in [0.1, 0.15) is 15.9 Å². The van der Waals surface area contributed by atoms with E-state index in [0.29, 0.717) is 0 Å². The van der Waals surface area contributed by atoms with Crippen molar-refractivity contribution in [2.75, 3.05) is 26.0 Å². The molecule has 27 heavy (non-hydrogen) atoms. The zero-order valence-corrected chi connectivity index (χ0v) is 15.9. The predicted octanol–water partition coefficient (Wildman–Crippen LogP) is 3.90. The Hall–Kier alpha value is -2.10. The van der Waals surface area contributed by atoms with Crippen LogP contribution in [0.3, 0.4) is 0 Å². The van der Waals surface area contributed by atoms with Crippen LogP contribution in [0, 0.1) is 0 Å². The second-order valence-corrected chi connectivity index (χ2v) is 8.34. The molecule has 0 saturated carbocycles. The van der Waals surface area contributed by atoms with E-state index in [1.54, 1.807) is 0 Å². The largest absolute Gasteiger partial charge is 0.417 e. The number of benzene rings is 2. The molecule has 1 N–H and O–H groups in total. The molecular formula is C17H16ClF3N2O3S. The topological polar surface area (TPSA) is 66.5 Å². The highest BCUT2D eigenvalue weighted by Gasteiger charge is 2.33. The van der Waals surface area contributed by atoms with Gasteiger partial charge in [0.05, 0.1) is 22.0 Å². The van der Waals surface area contributed by atoms with Gasteiger partial charge in [-0.3, -0.25) is 4.79 Å². The average molecular weight is 421 g/mol. The van der Waals surface area contributed by atoms with Gasteiger partial charge in [0.25, 0.3) is 0 Å². The third-order valence-corrected chi connectivity index (χ3v) is 5.80. The lowest BCUT2D eigenvalue weighted by Crippen LogP contribution is -2.22. The van der Waals surface area contributed by atoms with Gasteiger partial charge in [-0.15, -0.1) is 0 Å². The zero-order valence-electron chi connectivity index (χ0n) is 14.3. The van der Waals surface area contributed by atoms with Crippen molar-refractivity contribution in [2.24, 2.45) is 0 Å². The maximum atomic E-state index is 12.9. The number of nitrogens with zero attached hydrogens (tertiary/aromatic N) is 1. The minimum atomic E-state index is -4.62. The number of rotatable bonds is 6. The molecule has 0 unspecified atom stereocenters. The number of anilines is 1. The molecule has 0 aromatic heterocycles. The van der Waals surface area contributed by atoms with E-state index in [9.17, 15) is 26.4 Å². The van der Waals surface area contributed by atoms with Crippen LogP contribution < -0.4 is 5.32 Å². The van der Waals surface area contributed by atoms with E-state index in [-0.39, 0.29) is 22.7 Å². The quantitative estimate of drug-likeness (QED) is 0.720. The van der Waals surface area contributed by atoms with Gasteiger partial charge in [-0.25, -0.2) is 12.7 Å². The smallest absolute Gasteiger partial charge is 0.378 e. The number of halogens is 4. The molecule has 2 aromatic rings. The van der Waals surface area contributed by atoms with Crippen LogP contribution in [-0.2, 0) is 16.2 Å². The maximum absolute atomic E-state index is 12.9. The second kappa shape index (κ2) is 7.87. The normalized spacial score (nSPS) is 12.3. The summed E-state index contributed by atoms with van der Waals surface area (Å²) in [5.74, 6) is -0.477. The third-order valence-electron chi connectivity index (χ3n) is 3.66. The Kier molecular flexibility index (Phi) is 6.18. The Balaban J connectivity index is 2.18. The molecule has 10 heteroatoms. The fraction of sp³-hybridized carbons (Fsp3) is 0.235. The molecule has 0 aliphatic rings. The lowest BCUT2D eigenvalue weighted by Gasteiger charge is -2.13. The van der Waals surface area contributed by atoms with Crippen LogP contribution in [0.15, 0.2) is 47.4 Å². The van der Waals surface area contributed by atoms with E-state index in [2.05, 4.69) is 5.32 Å². The highest BCUT2D eigenvalue weighted by molar-refractivity contribution is 7.89. The number of hydrogen-bond donors (Lipinski definition) is 1. The number of hydrogen-bond acceptors (Lipinski definition) is 4. The number of carbonyl (C=O) groups is 1. The van der Waals surface area contributed by atoms with E-state index in [0.717, 1.165) is 16.4 Å². The zero-order chi connectivity index (χ0) is 20.4. The minimum absolute atomic E-state index is 0.0517. The number of nitrogens with one attached hydrogen (secondary N) is 1. The van der Waals surface area contributed by atoms with Crippen LogP contribution in [0.5, 0.6) is 0 Å². The van der Waals surface area contributed by atoms with E-state index < -0.39 is 32.6 Å². The Bertz CT molecular complexity index is 960. The molecule has 5 nitrogen and oxygen atoms in total. The Morgan fingerprint density at radius 3 is 2.41 bits per heavy atom. The molecular weight excluding hydrogens is 405 g/mol. The van der Waals surface area contributed by atoms with E-state index in [1.165, 1.54) is 44.4 Å². The molecule has 146 valence electrons. The molecule has 0 heterocycles. The first-order valence-corrected chi connectivity index (χ1v) is 9.41. The summed E-state index contributed by atoms with van der Waals surface area (Å²) in [6.07, 6.45) is -4.62. The minimum Gasteiger partial charge on any atom is -0.378 e. The number of ketones is 1. The van der Waals surface area contributed by atoms with E-state index >= 15 is 0 Å². The summed E-state index contributed by atoms with van der Waals surface area (Å²) in [6, 6.07) is 8.65. The summed E-state index contributed by atoms with van der Waals surface area (Å²) >= 11 is 5.55. The summed E-state index contributed by atoms with van der Waals surface area (Å²) in [5, 5.41) is 2.15. The summed E-state index contributed by atoms with van der Waals surface area (Å²) in [5.41, 5.74) is -0.826. The van der Waals surface area contributed by atoms with Gasteiger partial charge < -0.3 is 5.32 Å². The lowest BCUT2D eigenvalue weighted by atomic mass is 10.1. The van der Waals surface area contributed by atoms with Gasteiger partial charge in [-0.05, 0) is 30.3 Å². The van der Waals surface area contributed by atoms with Crippen molar-refractivity contribution in [2.45, 2.75) is 11.1 Å². The molecule has 0 saturated heterocycles. The van der Waals surface area contributed by atoms with Crippen LogP contribution in [0.4, 0.5) is 18.9 Å². The Morgan fingerprint density at radius 1 is 1.15 bits per heavy atom. The van der Waals surface area contributed by atoms with Crippen LogP contribution in [0.2, 0.25) is 5.02 Å². The first kappa shape index (κ1) is 21.2. The monoisotopic (exact) mass is 420 g/mol. The fourth-order valence-corrected chi connectivity index (χ4v) is 3.35. The van der Waals surface area contributed by atoms with Crippen LogP contribution in [-0.4, -0.2) is 39.1 Å². The van der Waals surface area contributed by atoms with Crippen molar-refractivity contribution in [3.05, 3.63) is 58.6 Å². The molecule has 2 aromatic carbocycles. The molecule has 0 spiro atoms. The van der Waals surface area contributed by atoms with E-state index in [4.69, 9.17) is 11.6 Å². The summed E-state index contributed by atoms with van der Waals surface area (Å²) in [4.78, 5) is 12.2. The van der Waals surface area contributed by atoms with Crippen LogP contribution >= 0.6 is 11.6 Å². The molecule has 0 aliphatic heterocycles. The second-order valence-electron chi connectivity index (χ2n) is 5.78. The van der Waals surface area contributed by atoms with Crippen molar-refractivity contribution >= 4 is 33.1 Å². The molecule has 0 atom stereocenters. The number of Topliss-reactive ketones (excluding diaryl/α,β-unsaturated/α-hetero) is 1. The number of carbonyl (C=O) groups excluding carboxylic acids is 1. The highest BCUT2D eigenvalue weighted by atomic mass is 35.5. The molecule has 0 fully saturated rings.